The molecule has 2 rings (SSSR count). The van der Waals surface area contributed by atoms with Crippen LogP contribution in [-0.2, 0) is 19.9 Å². The molecule has 0 unspecified atom stereocenters. The number of benzene rings is 2. The van der Waals surface area contributed by atoms with Gasteiger partial charge in [-0.25, -0.2) is 4.57 Å². The van der Waals surface area contributed by atoms with E-state index < -0.39 is 7.82 Å². The van der Waals surface area contributed by atoms with E-state index in [1.165, 1.54) is 11.1 Å². The lowest BCUT2D eigenvalue weighted by Gasteiger charge is -2.25. The summed E-state index contributed by atoms with van der Waals surface area (Å²) in [4.78, 5) is 18.4. The second-order valence-corrected chi connectivity index (χ2v) is 10.3. The SMILES string of the molecule is CC(C)(C)c1cccc(C(COP(=O)(O)O)c2cccc(C(C)(C)C)c2)c1. The first-order chi connectivity index (χ1) is 12.3. The molecule has 0 aromatic heterocycles. The lowest BCUT2D eigenvalue weighted by molar-refractivity contribution is 0.191. The molecule has 0 bridgehead atoms. The van der Waals surface area contributed by atoms with Gasteiger partial charge in [0.25, 0.3) is 0 Å². The Morgan fingerprint density at radius 2 is 1.26 bits per heavy atom. The maximum atomic E-state index is 11.3. The van der Waals surface area contributed by atoms with Gasteiger partial charge >= 0.3 is 7.82 Å². The van der Waals surface area contributed by atoms with Crippen molar-refractivity contribution >= 4 is 7.82 Å². The van der Waals surface area contributed by atoms with Crippen molar-refractivity contribution in [3.05, 3.63) is 70.8 Å². The molecule has 2 N–H and O–H groups in total. The smallest absolute Gasteiger partial charge is 0.303 e. The van der Waals surface area contributed by atoms with Crippen LogP contribution in [0.3, 0.4) is 0 Å². The van der Waals surface area contributed by atoms with Crippen molar-refractivity contribution in [1.82, 2.24) is 0 Å². The molecule has 2 aromatic carbocycles. The number of phosphoric acid groups is 1. The van der Waals surface area contributed by atoms with Crippen LogP contribution in [0.2, 0.25) is 0 Å². The lowest BCUT2D eigenvalue weighted by atomic mass is 9.81. The number of rotatable bonds is 5. The van der Waals surface area contributed by atoms with E-state index >= 15 is 0 Å². The second kappa shape index (κ2) is 7.89. The molecule has 148 valence electrons. The highest BCUT2D eigenvalue weighted by Gasteiger charge is 2.24. The van der Waals surface area contributed by atoms with Gasteiger partial charge in [0, 0.05) is 5.92 Å². The van der Waals surface area contributed by atoms with Crippen molar-refractivity contribution in [3.8, 4) is 0 Å². The molecule has 0 spiro atoms. The van der Waals surface area contributed by atoms with Gasteiger partial charge in [0.1, 0.15) is 0 Å². The Kier molecular flexibility index (Phi) is 6.38. The minimum atomic E-state index is -4.55. The van der Waals surface area contributed by atoms with E-state index in [1.807, 2.05) is 24.3 Å². The number of hydrogen-bond acceptors (Lipinski definition) is 2. The maximum Gasteiger partial charge on any atom is 0.469 e. The molecule has 0 saturated heterocycles. The second-order valence-electron chi connectivity index (χ2n) is 9.09. The lowest BCUT2D eigenvalue weighted by Crippen LogP contribution is -2.15. The van der Waals surface area contributed by atoms with Crippen LogP contribution in [0, 0.1) is 0 Å². The molecule has 2 aromatic rings. The molecule has 0 heterocycles. The van der Waals surface area contributed by atoms with Crippen molar-refractivity contribution in [3.63, 3.8) is 0 Å². The highest BCUT2D eigenvalue weighted by atomic mass is 31.2. The van der Waals surface area contributed by atoms with E-state index in [-0.39, 0.29) is 23.4 Å². The van der Waals surface area contributed by atoms with E-state index in [2.05, 4.69) is 65.8 Å². The summed E-state index contributed by atoms with van der Waals surface area (Å²) >= 11 is 0. The van der Waals surface area contributed by atoms with E-state index in [9.17, 15) is 14.4 Å². The summed E-state index contributed by atoms with van der Waals surface area (Å²) in [5, 5.41) is 0. The van der Waals surface area contributed by atoms with Crippen LogP contribution in [-0.4, -0.2) is 16.4 Å². The van der Waals surface area contributed by atoms with Crippen molar-refractivity contribution < 1.29 is 18.9 Å². The van der Waals surface area contributed by atoms with Crippen LogP contribution in [0.4, 0.5) is 0 Å². The van der Waals surface area contributed by atoms with E-state index in [0.717, 1.165) is 11.1 Å². The van der Waals surface area contributed by atoms with Crippen LogP contribution < -0.4 is 0 Å². The standard InChI is InChI=1S/C22H31O4P/c1-21(2,3)18-11-7-9-16(13-18)20(15-26-27(23,24)25)17-10-8-12-19(14-17)22(4,5)6/h7-14,20H,15H2,1-6H3,(H2,23,24,25). The third-order valence-electron chi connectivity index (χ3n) is 4.72. The van der Waals surface area contributed by atoms with Crippen LogP contribution in [0.5, 0.6) is 0 Å². The summed E-state index contributed by atoms with van der Waals surface area (Å²) in [7, 11) is -4.55. The molecule has 0 aliphatic carbocycles. The van der Waals surface area contributed by atoms with Gasteiger partial charge in [-0.2, -0.15) is 0 Å². The predicted octanol–water partition coefficient (Wildman–Crippen LogP) is 5.52. The molecule has 27 heavy (non-hydrogen) atoms. The Morgan fingerprint density at radius 1 is 0.852 bits per heavy atom. The van der Waals surface area contributed by atoms with Crippen molar-refractivity contribution in [1.29, 1.82) is 0 Å². The Bertz CT molecular complexity index is 767. The van der Waals surface area contributed by atoms with Gasteiger partial charge in [-0.3, -0.25) is 4.52 Å². The minimum absolute atomic E-state index is 0.0159. The highest BCUT2D eigenvalue weighted by Crippen LogP contribution is 2.40. The molecular formula is C22H31O4P. The summed E-state index contributed by atoms with van der Waals surface area (Å²) < 4.78 is 16.2. The van der Waals surface area contributed by atoms with Crippen LogP contribution in [0.15, 0.2) is 48.5 Å². The fraction of sp³-hybridized carbons (Fsp3) is 0.455. The van der Waals surface area contributed by atoms with E-state index in [0.29, 0.717) is 0 Å². The van der Waals surface area contributed by atoms with Gasteiger partial charge in [0.05, 0.1) is 6.61 Å². The minimum Gasteiger partial charge on any atom is -0.303 e. The van der Waals surface area contributed by atoms with E-state index in [1.54, 1.807) is 0 Å². The van der Waals surface area contributed by atoms with Crippen LogP contribution in [0.25, 0.3) is 0 Å². The van der Waals surface area contributed by atoms with Gasteiger partial charge in [-0.1, -0.05) is 90.1 Å². The molecule has 0 aliphatic heterocycles. The molecule has 0 atom stereocenters. The molecule has 0 fully saturated rings. The molecular weight excluding hydrogens is 359 g/mol. The Labute approximate surface area is 162 Å². The third-order valence-corrected chi connectivity index (χ3v) is 5.20. The van der Waals surface area contributed by atoms with E-state index in [4.69, 9.17) is 4.52 Å². The molecule has 0 amide bonds. The zero-order valence-corrected chi connectivity index (χ0v) is 18.0. The topological polar surface area (TPSA) is 66.8 Å². The summed E-state index contributed by atoms with van der Waals surface area (Å²) in [6, 6.07) is 16.3. The fourth-order valence-electron chi connectivity index (χ4n) is 3.00. The van der Waals surface area contributed by atoms with Gasteiger partial charge in [-0.05, 0) is 33.1 Å². The monoisotopic (exact) mass is 390 g/mol. The first-order valence-electron chi connectivity index (χ1n) is 9.18. The van der Waals surface area contributed by atoms with Gasteiger partial charge in [0.15, 0.2) is 0 Å². The summed E-state index contributed by atoms with van der Waals surface area (Å²) in [5.41, 5.74) is 4.29. The van der Waals surface area contributed by atoms with Crippen molar-refractivity contribution in [2.75, 3.05) is 6.61 Å². The van der Waals surface area contributed by atoms with Gasteiger partial charge in [0.2, 0.25) is 0 Å². The molecule has 5 heteroatoms. The number of phosphoric ester groups is 1. The molecule has 0 radical (unpaired) electrons. The van der Waals surface area contributed by atoms with Gasteiger partial charge in [-0.15, -0.1) is 0 Å². The summed E-state index contributed by atoms with van der Waals surface area (Å²) in [6.45, 7) is 12.8. The average molecular weight is 390 g/mol. The quantitative estimate of drug-likeness (QED) is 0.660. The number of hydrogen-bond donors (Lipinski definition) is 2. The highest BCUT2D eigenvalue weighted by molar-refractivity contribution is 7.46. The summed E-state index contributed by atoms with van der Waals surface area (Å²) in [6.07, 6.45) is 0. The zero-order chi connectivity index (χ0) is 20.5. The fourth-order valence-corrected chi connectivity index (χ4v) is 3.34. The Balaban J connectivity index is 2.51. The largest absolute Gasteiger partial charge is 0.469 e. The molecule has 0 aliphatic rings. The third kappa shape index (κ3) is 6.29. The van der Waals surface area contributed by atoms with Crippen molar-refractivity contribution in [2.24, 2.45) is 0 Å². The normalized spacial score (nSPS) is 13.2. The first-order valence-corrected chi connectivity index (χ1v) is 10.7. The Morgan fingerprint density at radius 3 is 1.59 bits per heavy atom. The summed E-state index contributed by atoms with van der Waals surface area (Å²) in [5.74, 6) is -0.262. The first kappa shape index (κ1) is 21.8. The Hall–Kier alpha value is -1.45. The molecule has 0 saturated carbocycles. The maximum absolute atomic E-state index is 11.3. The van der Waals surface area contributed by atoms with Crippen LogP contribution in [0.1, 0.15) is 69.7 Å². The van der Waals surface area contributed by atoms with Crippen molar-refractivity contribution in [2.45, 2.75) is 58.3 Å². The average Bonchev–Trinajstić information content (AvgIpc) is 2.53. The van der Waals surface area contributed by atoms with Crippen LogP contribution >= 0.6 is 7.82 Å². The van der Waals surface area contributed by atoms with Gasteiger partial charge < -0.3 is 9.79 Å². The predicted molar refractivity (Wildman–Crippen MR) is 110 cm³/mol. The molecule has 4 nitrogen and oxygen atoms in total. The zero-order valence-electron chi connectivity index (χ0n) is 17.1.